The molecule has 0 saturated carbocycles. The molecular formula is C19H23NO6S. The minimum Gasteiger partial charge on any atom is -0.484 e. The molecular weight excluding hydrogens is 370 g/mol. The molecule has 27 heavy (non-hydrogen) atoms. The van der Waals surface area contributed by atoms with Crippen LogP contribution in [-0.2, 0) is 16.0 Å². The van der Waals surface area contributed by atoms with E-state index in [1.54, 1.807) is 18.2 Å². The van der Waals surface area contributed by atoms with Crippen LogP contribution in [0.5, 0.6) is 5.75 Å². The third-order valence-corrected chi connectivity index (χ3v) is 4.58. The lowest BCUT2D eigenvalue weighted by Gasteiger charge is -2.14. The second-order valence-electron chi connectivity index (χ2n) is 6.03. The van der Waals surface area contributed by atoms with Crippen LogP contribution in [-0.4, -0.2) is 41.6 Å². The molecule has 0 spiro atoms. The first-order valence-electron chi connectivity index (χ1n) is 8.65. The first-order valence-corrected chi connectivity index (χ1v) is 10.0. The third-order valence-electron chi connectivity index (χ3n) is 3.93. The van der Waals surface area contributed by atoms with Crippen LogP contribution in [0.3, 0.4) is 0 Å². The molecule has 146 valence electrons. The van der Waals surface area contributed by atoms with Crippen molar-refractivity contribution in [3.8, 4) is 5.75 Å². The highest BCUT2D eigenvalue weighted by molar-refractivity contribution is 7.98. The van der Waals surface area contributed by atoms with Crippen molar-refractivity contribution in [3.63, 3.8) is 0 Å². The van der Waals surface area contributed by atoms with Crippen LogP contribution in [0.1, 0.15) is 25.3 Å². The molecule has 2 aromatic rings. The molecule has 0 unspecified atom stereocenters. The Labute approximate surface area is 161 Å². The van der Waals surface area contributed by atoms with Crippen LogP contribution in [0.2, 0.25) is 0 Å². The number of benzene rings is 1. The first kappa shape index (κ1) is 20.8. The lowest BCUT2D eigenvalue weighted by Crippen LogP contribution is -2.43. The maximum atomic E-state index is 12.0. The van der Waals surface area contributed by atoms with Gasteiger partial charge in [-0.15, -0.1) is 0 Å². The maximum Gasteiger partial charge on any atom is 0.336 e. The molecule has 0 aliphatic rings. The maximum absolute atomic E-state index is 12.0. The van der Waals surface area contributed by atoms with Crippen LogP contribution in [0, 0.1) is 0 Å². The topological polar surface area (TPSA) is 106 Å². The summed E-state index contributed by atoms with van der Waals surface area (Å²) in [5.41, 5.74) is 0.873. The number of ether oxygens (including phenoxy) is 1. The minimum atomic E-state index is -1.08. The SMILES string of the molecule is CCCc1cc(=O)oc2cc(OCC(=O)N[C@@H](CCSC)C(=O)O)ccc12. The number of carboxylic acids is 1. The number of rotatable bonds is 10. The molecule has 0 radical (unpaired) electrons. The molecule has 1 aromatic carbocycles. The molecule has 8 heteroatoms. The van der Waals surface area contributed by atoms with E-state index in [4.69, 9.17) is 14.3 Å². The van der Waals surface area contributed by atoms with Gasteiger partial charge >= 0.3 is 11.6 Å². The van der Waals surface area contributed by atoms with Crippen LogP contribution in [0.15, 0.2) is 33.5 Å². The van der Waals surface area contributed by atoms with E-state index in [0.717, 1.165) is 23.8 Å². The average Bonchev–Trinajstić information content (AvgIpc) is 2.63. The molecule has 1 aromatic heterocycles. The number of carboxylic acid groups (broad SMARTS) is 1. The zero-order chi connectivity index (χ0) is 19.8. The average molecular weight is 393 g/mol. The van der Waals surface area contributed by atoms with Gasteiger partial charge in [0.2, 0.25) is 0 Å². The van der Waals surface area contributed by atoms with Gasteiger partial charge in [-0.3, -0.25) is 4.79 Å². The Bertz CT molecular complexity index is 863. The van der Waals surface area contributed by atoms with Crippen molar-refractivity contribution < 1.29 is 23.8 Å². The van der Waals surface area contributed by atoms with Crippen LogP contribution in [0.4, 0.5) is 0 Å². The van der Waals surface area contributed by atoms with E-state index in [1.807, 2.05) is 13.2 Å². The van der Waals surface area contributed by atoms with Gasteiger partial charge in [-0.25, -0.2) is 9.59 Å². The summed E-state index contributed by atoms with van der Waals surface area (Å²) in [6.45, 7) is 1.70. The molecule has 1 amide bonds. The van der Waals surface area contributed by atoms with Crippen molar-refractivity contribution in [3.05, 3.63) is 40.2 Å². The number of amides is 1. The number of hydrogen-bond acceptors (Lipinski definition) is 6. The molecule has 0 saturated heterocycles. The van der Waals surface area contributed by atoms with E-state index in [-0.39, 0.29) is 6.61 Å². The molecule has 2 rings (SSSR count). The van der Waals surface area contributed by atoms with Gasteiger partial charge in [0.05, 0.1) is 0 Å². The summed E-state index contributed by atoms with van der Waals surface area (Å²) in [5, 5.41) is 12.4. The summed E-state index contributed by atoms with van der Waals surface area (Å²) in [6.07, 6.45) is 3.87. The summed E-state index contributed by atoms with van der Waals surface area (Å²) < 4.78 is 10.6. The van der Waals surface area contributed by atoms with Crippen molar-refractivity contribution in [2.75, 3.05) is 18.6 Å². The minimum absolute atomic E-state index is 0.326. The number of fused-ring (bicyclic) bond motifs is 1. The van der Waals surface area contributed by atoms with Gasteiger partial charge < -0.3 is 19.6 Å². The third kappa shape index (κ3) is 6.02. The Morgan fingerprint density at radius 1 is 1.33 bits per heavy atom. The number of carbonyl (C=O) groups is 2. The van der Waals surface area contributed by atoms with E-state index >= 15 is 0 Å². The van der Waals surface area contributed by atoms with E-state index in [9.17, 15) is 14.4 Å². The lowest BCUT2D eigenvalue weighted by atomic mass is 10.1. The van der Waals surface area contributed by atoms with Crippen LogP contribution < -0.4 is 15.7 Å². The Morgan fingerprint density at radius 2 is 2.11 bits per heavy atom. The summed E-state index contributed by atoms with van der Waals surface area (Å²) in [6, 6.07) is 5.58. The summed E-state index contributed by atoms with van der Waals surface area (Å²) in [4.78, 5) is 34.8. The van der Waals surface area contributed by atoms with Crippen molar-refractivity contribution in [2.24, 2.45) is 0 Å². The van der Waals surface area contributed by atoms with Gasteiger partial charge in [0.1, 0.15) is 17.4 Å². The second kappa shape index (κ2) is 10.0. The monoisotopic (exact) mass is 393 g/mol. The number of carbonyl (C=O) groups excluding carboxylic acids is 1. The molecule has 7 nitrogen and oxygen atoms in total. The zero-order valence-corrected chi connectivity index (χ0v) is 16.1. The van der Waals surface area contributed by atoms with Crippen molar-refractivity contribution in [2.45, 2.75) is 32.2 Å². The Kier molecular flexibility index (Phi) is 7.72. The van der Waals surface area contributed by atoms with Gasteiger partial charge in [0, 0.05) is 17.5 Å². The smallest absolute Gasteiger partial charge is 0.336 e. The quantitative estimate of drug-likeness (QED) is 0.597. The van der Waals surface area contributed by atoms with E-state index in [0.29, 0.717) is 23.5 Å². The summed E-state index contributed by atoms with van der Waals surface area (Å²) >= 11 is 1.51. The van der Waals surface area contributed by atoms with E-state index in [2.05, 4.69) is 5.32 Å². The molecule has 0 fully saturated rings. The van der Waals surface area contributed by atoms with Gasteiger partial charge in [0.15, 0.2) is 6.61 Å². The normalized spacial score (nSPS) is 11.9. The summed E-state index contributed by atoms with van der Waals surface area (Å²) in [7, 11) is 0. The molecule has 0 aliphatic heterocycles. The van der Waals surface area contributed by atoms with Crippen molar-refractivity contribution >= 4 is 34.6 Å². The lowest BCUT2D eigenvalue weighted by molar-refractivity contribution is -0.142. The highest BCUT2D eigenvalue weighted by atomic mass is 32.2. The largest absolute Gasteiger partial charge is 0.484 e. The predicted molar refractivity (Wildman–Crippen MR) is 105 cm³/mol. The number of aliphatic carboxylic acids is 1. The van der Waals surface area contributed by atoms with Gasteiger partial charge in [-0.05, 0) is 42.5 Å². The van der Waals surface area contributed by atoms with Crippen LogP contribution >= 0.6 is 11.8 Å². The van der Waals surface area contributed by atoms with Crippen molar-refractivity contribution in [1.29, 1.82) is 0 Å². The highest BCUT2D eigenvalue weighted by Gasteiger charge is 2.19. The standard InChI is InChI=1S/C19H23NO6S/c1-3-4-12-9-18(22)26-16-10-13(5-6-14(12)16)25-11-17(21)20-15(19(23)24)7-8-27-2/h5-6,9-10,15H,3-4,7-8,11H2,1-2H3,(H,20,21)(H,23,24)/t15-/m0/s1. The fourth-order valence-electron chi connectivity index (χ4n) is 2.65. The Balaban J connectivity index is 2.05. The second-order valence-corrected chi connectivity index (χ2v) is 7.01. The molecule has 1 atom stereocenters. The zero-order valence-electron chi connectivity index (χ0n) is 15.3. The van der Waals surface area contributed by atoms with Crippen molar-refractivity contribution in [1.82, 2.24) is 5.32 Å². The van der Waals surface area contributed by atoms with Gasteiger partial charge in [0.25, 0.3) is 5.91 Å². The highest BCUT2D eigenvalue weighted by Crippen LogP contribution is 2.23. The number of nitrogens with one attached hydrogen (secondary N) is 1. The van der Waals surface area contributed by atoms with E-state index < -0.39 is 23.5 Å². The van der Waals surface area contributed by atoms with Gasteiger partial charge in [-0.1, -0.05) is 13.3 Å². The fraction of sp³-hybridized carbons (Fsp3) is 0.421. The molecule has 2 N–H and O–H groups in total. The van der Waals surface area contributed by atoms with Crippen LogP contribution in [0.25, 0.3) is 11.0 Å². The number of aryl methyl sites for hydroxylation is 1. The Morgan fingerprint density at radius 3 is 2.78 bits per heavy atom. The first-order chi connectivity index (χ1) is 12.9. The number of hydrogen-bond donors (Lipinski definition) is 2. The number of thioether (sulfide) groups is 1. The fourth-order valence-corrected chi connectivity index (χ4v) is 3.13. The molecule has 1 heterocycles. The molecule has 0 bridgehead atoms. The predicted octanol–water partition coefficient (Wildman–Crippen LogP) is 2.45. The van der Waals surface area contributed by atoms with E-state index in [1.165, 1.54) is 17.8 Å². The summed E-state index contributed by atoms with van der Waals surface area (Å²) in [5.74, 6) is -0.606. The Hall–Kier alpha value is -2.48. The molecule has 0 aliphatic carbocycles. The van der Waals surface area contributed by atoms with Gasteiger partial charge in [-0.2, -0.15) is 11.8 Å².